The Hall–Kier alpha value is -3.82. The molecule has 0 radical (unpaired) electrons. The quantitative estimate of drug-likeness (QED) is 0.478. The lowest BCUT2D eigenvalue weighted by Gasteiger charge is -2.22. The van der Waals surface area contributed by atoms with Crippen LogP contribution in [0.5, 0.6) is 5.75 Å². The van der Waals surface area contributed by atoms with Gasteiger partial charge in [0.2, 0.25) is 5.91 Å². The van der Waals surface area contributed by atoms with Gasteiger partial charge >= 0.3 is 12.1 Å². The average molecular weight is 477 g/mol. The van der Waals surface area contributed by atoms with E-state index >= 15 is 0 Å². The number of hydrogen-bond donors (Lipinski definition) is 3. The molecule has 1 amide bonds. The maximum atomic E-state index is 12.3. The smallest absolute Gasteiger partial charge is 0.490 e. The molecule has 1 heterocycles. The standard InChI is InChI=1S/C22H25N3O2.C2HF3O2/c1-4-6-19(26)24-20(16-8-11-17(12-9-16)25(2)3)18-13-10-15-7-5-14-23-21(15)22(18)27;3-2(4,5)1(6)7/h5,7-14,20,27H,4,6H2,1-3H3,(H,24,26);(H,6,7). The number of amides is 1. The first-order valence-electron chi connectivity index (χ1n) is 10.4. The monoisotopic (exact) mass is 477 g/mol. The van der Waals surface area contributed by atoms with Crippen LogP contribution in [0.15, 0.2) is 54.7 Å². The molecule has 7 nitrogen and oxygen atoms in total. The molecular formula is C24H26F3N3O4. The van der Waals surface area contributed by atoms with Gasteiger partial charge < -0.3 is 20.4 Å². The van der Waals surface area contributed by atoms with Gasteiger partial charge in [0, 0.05) is 43.4 Å². The molecule has 0 spiro atoms. The zero-order valence-corrected chi connectivity index (χ0v) is 18.9. The Morgan fingerprint density at radius 3 is 2.24 bits per heavy atom. The van der Waals surface area contributed by atoms with Gasteiger partial charge in [0.05, 0.1) is 6.04 Å². The molecule has 0 bridgehead atoms. The van der Waals surface area contributed by atoms with Gasteiger partial charge in [-0.25, -0.2) is 4.79 Å². The van der Waals surface area contributed by atoms with Crippen molar-refractivity contribution in [3.63, 3.8) is 0 Å². The molecule has 0 aliphatic heterocycles. The van der Waals surface area contributed by atoms with Crippen LogP contribution < -0.4 is 10.2 Å². The zero-order chi connectivity index (χ0) is 25.5. The maximum absolute atomic E-state index is 12.3. The number of carboxylic acid groups (broad SMARTS) is 1. The lowest BCUT2D eigenvalue weighted by molar-refractivity contribution is -0.192. The van der Waals surface area contributed by atoms with Crippen LogP contribution >= 0.6 is 0 Å². The number of nitrogens with zero attached hydrogens (tertiary/aromatic N) is 2. The van der Waals surface area contributed by atoms with Gasteiger partial charge in [-0.3, -0.25) is 9.78 Å². The molecule has 1 atom stereocenters. The van der Waals surface area contributed by atoms with E-state index in [4.69, 9.17) is 9.90 Å². The summed E-state index contributed by atoms with van der Waals surface area (Å²) in [6.07, 6.45) is -2.22. The van der Waals surface area contributed by atoms with Gasteiger partial charge in [0.15, 0.2) is 0 Å². The molecular weight excluding hydrogens is 451 g/mol. The molecule has 1 unspecified atom stereocenters. The van der Waals surface area contributed by atoms with Crippen molar-refractivity contribution in [3.8, 4) is 5.75 Å². The first kappa shape index (κ1) is 26.4. The van der Waals surface area contributed by atoms with Crippen LogP contribution in [0.1, 0.15) is 36.9 Å². The molecule has 182 valence electrons. The molecule has 3 N–H and O–H groups in total. The number of phenolic OH excluding ortho intramolecular Hbond substituents is 1. The Balaban J connectivity index is 0.000000509. The third kappa shape index (κ3) is 6.84. The van der Waals surface area contributed by atoms with Crippen molar-refractivity contribution >= 4 is 28.5 Å². The summed E-state index contributed by atoms with van der Waals surface area (Å²) in [4.78, 5) is 27.6. The highest BCUT2D eigenvalue weighted by Gasteiger charge is 2.38. The van der Waals surface area contributed by atoms with Crippen LogP contribution in [0, 0.1) is 0 Å². The number of benzene rings is 2. The molecule has 0 aliphatic rings. The van der Waals surface area contributed by atoms with Gasteiger partial charge in [0.1, 0.15) is 11.3 Å². The molecule has 1 aromatic heterocycles. The van der Waals surface area contributed by atoms with Crippen molar-refractivity contribution < 1.29 is 33.0 Å². The number of halogens is 3. The summed E-state index contributed by atoms with van der Waals surface area (Å²) < 4.78 is 31.7. The van der Waals surface area contributed by atoms with E-state index in [1.807, 2.05) is 74.4 Å². The number of aromatic nitrogens is 1. The number of aromatic hydroxyl groups is 1. The predicted octanol–water partition coefficient (Wildman–Crippen LogP) is 4.65. The van der Waals surface area contributed by atoms with E-state index < -0.39 is 18.2 Å². The van der Waals surface area contributed by atoms with Crippen LogP contribution in [0.4, 0.5) is 18.9 Å². The SMILES string of the molecule is CCCC(=O)NC(c1ccc(N(C)C)cc1)c1ccc2cccnc2c1O.O=C(O)C(F)(F)F. The van der Waals surface area contributed by atoms with Crippen LogP contribution in [-0.4, -0.2) is 47.3 Å². The van der Waals surface area contributed by atoms with E-state index in [1.165, 1.54) is 0 Å². The second kappa shape index (κ2) is 11.4. The molecule has 34 heavy (non-hydrogen) atoms. The second-order valence-corrected chi connectivity index (χ2v) is 7.62. The summed E-state index contributed by atoms with van der Waals surface area (Å²) >= 11 is 0. The summed E-state index contributed by atoms with van der Waals surface area (Å²) in [5, 5.41) is 21.9. The number of aliphatic carboxylic acids is 1. The fourth-order valence-electron chi connectivity index (χ4n) is 3.14. The Morgan fingerprint density at radius 2 is 1.71 bits per heavy atom. The third-order valence-electron chi connectivity index (χ3n) is 4.86. The number of phenols is 1. The van der Waals surface area contributed by atoms with Crippen LogP contribution in [0.3, 0.4) is 0 Å². The van der Waals surface area contributed by atoms with Gasteiger partial charge in [-0.2, -0.15) is 13.2 Å². The number of carbonyl (C=O) groups excluding carboxylic acids is 1. The number of hydrogen-bond acceptors (Lipinski definition) is 5. The summed E-state index contributed by atoms with van der Waals surface area (Å²) in [6, 6.07) is 15.1. The Kier molecular flexibility index (Phi) is 8.83. The highest BCUT2D eigenvalue weighted by molar-refractivity contribution is 5.86. The fourth-order valence-corrected chi connectivity index (χ4v) is 3.14. The molecule has 0 saturated carbocycles. The van der Waals surface area contributed by atoms with Gasteiger partial charge in [-0.15, -0.1) is 0 Å². The molecule has 10 heteroatoms. The van der Waals surface area contributed by atoms with E-state index in [0.29, 0.717) is 17.5 Å². The van der Waals surface area contributed by atoms with Crippen molar-refractivity contribution in [3.05, 3.63) is 65.9 Å². The first-order valence-corrected chi connectivity index (χ1v) is 10.4. The minimum atomic E-state index is -5.08. The Labute approximate surface area is 194 Å². The number of pyridine rings is 1. The fraction of sp³-hybridized carbons (Fsp3) is 0.292. The number of alkyl halides is 3. The van der Waals surface area contributed by atoms with E-state index in [1.54, 1.807) is 6.20 Å². The second-order valence-electron chi connectivity index (χ2n) is 7.62. The zero-order valence-electron chi connectivity index (χ0n) is 18.9. The molecule has 0 aliphatic carbocycles. The molecule has 0 saturated heterocycles. The summed E-state index contributed by atoms with van der Waals surface area (Å²) in [6.45, 7) is 1.97. The number of rotatable bonds is 6. The van der Waals surface area contributed by atoms with Gasteiger partial charge in [0.25, 0.3) is 0 Å². The van der Waals surface area contributed by atoms with Crippen molar-refractivity contribution in [1.29, 1.82) is 0 Å². The summed E-state index contributed by atoms with van der Waals surface area (Å²) in [5.41, 5.74) is 3.16. The summed E-state index contributed by atoms with van der Waals surface area (Å²) in [7, 11) is 3.96. The maximum Gasteiger partial charge on any atom is 0.490 e. The van der Waals surface area contributed by atoms with E-state index in [2.05, 4.69) is 10.3 Å². The lowest BCUT2D eigenvalue weighted by Crippen LogP contribution is -2.29. The largest absolute Gasteiger partial charge is 0.505 e. The van der Waals surface area contributed by atoms with Crippen molar-refractivity contribution in [1.82, 2.24) is 10.3 Å². The molecule has 2 aromatic carbocycles. The van der Waals surface area contributed by atoms with Crippen molar-refractivity contribution in [2.45, 2.75) is 32.0 Å². The van der Waals surface area contributed by atoms with Crippen molar-refractivity contribution in [2.24, 2.45) is 0 Å². The van der Waals surface area contributed by atoms with Gasteiger partial charge in [-0.1, -0.05) is 37.3 Å². The number of fused-ring (bicyclic) bond motifs is 1. The van der Waals surface area contributed by atoms with Crippen molar-refractivity contribution in [2.75, 3.05) is 19.0 Å². The Bertz CT molecular complexity index is 1130. The van der Waals surface area contributed by atoms with E-state index in [0.717, 1.165) is 23.1 Å². The predicted molar refractivity (Wildman–Crippen MR) is 123 cm³/mol. The number of carbonyl (C=O) groups is 2. The van der Waals surface area contributed by atoms with Crippen LogP contribution in [0.25, 0.3) is 10.9 Å². The lowest BCUT2D eigenvalue weighted by atomic mass is 9.95. The third-order valence-corrected chi connectivity index (χ3v) is 4.86. The molecule has 3 rings (SSSR count). The highest BCUT2D eigenvalue weighted by atomic mass is 19.4. The van der Waals surface area contributed by atoms with Crippen LogP contribution in [-0.2, 0) is 9.59 Å². The molecule has 0 fully saturated rings. The minimum Gasteiger partial charge on any atom is -0.505 e. The van der Waals surface area contributed by atoms with E-state index in [9.17, 15) is 23.1 Å². The number of nitrogens with one attached hydrogen (secondary N) is 1. The summed E-state index contributed by atoms with van der Waals surface area (Å²) in [5.74, 6) is -2.70. The normalized spacial score (nSPS) is 11.8. The minimum absolute atomic E-state index is 0.0419. The number of anilines is 1. The first-order chi connectivity index (χ1) is 16.0. The highest BCUT2D eigenvalue weighted by Crippen LogP contribution is 2.35. The topological polar surface area (TPSA) is 103 Å². The van der Waals surface area contributed by atoms with E-state index in [-0.39, 0.29) is 11.7 Å². The Morgan fingerprint density at radius 1 is 1.09 bits per heavy atom. The number of carboxylic acids is 1. The van der Waals surface area contributed by atoms with Crippen LogP contribution in [0.2, 0.25) is 0 Å². The van der Waals surface area contributed by atoms with Gasteiger partial charge in [-0.05, 0) is 30.2 Å². The average Bonchev–Trinajstić information content (AvgIpc) is 2.78. The molecule has 3 aromatic rings.